The minimum absolute atomic E-state index is 0.0601. The van der Waals surface area contributed by atoms with E-state index in [2.05, 4.69) is 15.9 Å². The third-order valence-electron chi connectivity index (χ3n) is 3.00. The van der Waals surface area contributed by atoms with Gasteiger partial charge in [-0.05, 0) is 31.6 Å². The Morgan fingerprint density at radius 3 is 2.80 bits per heavy atom. The molecule has 0 radical (unpaired) electrons. The number of halogens is 1. The van der Waals surface area contributed by atoms with Crippen LogP contribution < -0.4 is 0 Å². The zero-order valence-corrected chi connectivity index (χ0v) is 10.5. The first kappa shape index (κ1) is 11.4. The number of carbonyl (C=O) groups excluding carboxylic acids is 1. The number of ether oxygens (including phenoxy) is 1. The first-order valence-corrected chi connectivity index (χ1v) is 6.69. The van der Waals surface area contributed by atoms with Gasteiger partial charge in [-0.3, -0.25) is 4.79 Å². The van der Waals surface area contributed by atoms with Gasteiger partial charge in [0.15, 0.2) is 0 Å². The Hall–Kier alpha value is -0.0900. The van der Waals surface area contributed by atoms with Gasteiger partial charge in [-0.15, -0.1) is 0 Å². The topological polar surface area (TPSA) is 29.5 Å². The minimum Gasteiger partial charge on any atom is -0.381 e. The van der Waals surface area contributed by atoms with Crippen molar-refractivity contribution in [1.82, 2.24) is 4.90 Å². The van der Waals surface area contributed by atoms with Crippen molar-refractivity contribution in [1.29, 1.82) is 0 Å². The highest BCUT2D eigenvalue weighted by atomic mass is 79.9. The van der Waals surface area contributed by atoms with Crippen molar-refractivity contribution in [2.45, 2.75) is 30.5 Å². The summed E-state index contributed by atoms with van der Waals surface area (Å²) in [5.74, 6) is 1.09. The van der Waals surface area contributed by atoms with Crippen molar-refractivity contribution in [2.75, 3.05) is 26.3 Å². The lowest BCUT2D eigenvalue weighted by Gasteiger charge is -2.15. The Kier molecular flexibility index (Phi) is 4.03. The number of likely N-dealkylation sites (tertiary alicyclic amines) is 1. The average Bonchev–Trinajstić information content (AvgIpc) is 2.99. The van der Waals surface area contributed by atoms with Crippen LogP contribution in [0.4, 0.5) is 0 Å². The zero-order valence-electron chi connectivity index (χ0n) is 8.95. The molecule has 3 nitrogen and oxygen atoms in total. The Morgan fingerprint density at radius 1 is 1.40 bits per heavy atom. The number of nitrogens with zero attached hydrogens (tertiary/aromatic N) is 1. The van der Waals surface area contributed by atoms with Gasteiger partial charge in [-0.1, -0.05) is 15.9 Å². The first-order valence-electron chi connectivity index (χ1n) is 5.78. The van der Waals surface area contributed by atoms with Crippen molar-refractivity contribution in [3.05, 3.63) is 0 Å². The summed E-state index contributed by atoms with van der Waals surface area (Å²) in [5.41, 5.74) is 0. The Balaban J connectivity index is 1.51. The molecule has 2 rings (SSSR count). The van der Waals surface area contributed by atoms with Crippen LogP contribution in [0.2, 0.25) is 0 Å². The van der Waals surface area contributed by atoms with Gasteiger partial charge < -0.3 is 9.64 Å². The van der Waals surface area contributed by atoms with Crippen LogP contribution in [-0.4, -0.2) is 41.9 Å². The molecule has 1 unspecified atom stereocenters. The third-order valence-corrected chi connectivity index (χ3v) is 3.85. The van der Waals surface area contributed by atoms with Gasteiger partial charge in [0.05, 0.1) is 4.83 Å². The highest BCUT2D eigenvalue weighted by molar-refractivity contribution is 9.10. The summed E-state index contributed by atoms with van der Waals surface area (Å²) in [6.07, 6.45) is 4.60. The van der Waals surface area contributed by atoms with Crippen LogP contribution in [0.15, 0.2) is 0 Å². The molecule has 4 heteroatoms. The third kappa shape index (κ3) is 3.45. The van der Waals surface area contributed by atoms with Gasteiger partial charge >= 0.3 is 0 Å². The smallest absolute Gasteiger partial charge is 0.236 e. The van der Waals surface area contributed by atoms with Crippen LogP contribution in [0, 0.1) is 5.92 Å². The maximum absolute atomic E-state index is 11.5. The minimum atomic E-state index is 0.0601. The number of rotatable bonds is 6. The van der Waals surface area contributed by atoms with Gasteiger partial charge in [0.1, 0.15) is 0 Å². The second kappa shape index (κ2) is 5.30. The molecule has 1 atom stereocenters. The van der Waals surface area contributed by atoms with E-state index in [-0.39, 0.29) is 10.7 Å². The summed E-state index contributed by atoms with van der Waals surface area (Å²) in [6, 6.07) is 0. The largest absolute Gasteiger partial charge is 0.381 e. The van der Waals surface area contributed by atoms with Crippen molar-refractivity contribution < 1.29 is 9.53 Å². The van der Waals surface area contributed by atoms with Gasteiger partial charge in [-0.2, -0.15) is 0 Å². The molecule has 15 heavy (non-hydrogen) atoms. The number of amides is 1. The fourth-order valence-corrected chi connectivity index (χ4v) is 2.31. The SMILES string of the molecule is O=C1C(Br)CCN1CCCOCC1CC1. The Morgan fingerprint density at radius 2 is 2.20 bits per heavy atom. The van der Waals surface area contributed by atoms with Crippen LogP contribution >= 0.6 is 15.9 Å². The summed E-state index contributed by atoms with van der Waals surface area (Å²) in [4.78, 5) is 13.5. The summed E-state index contributed by atoms with van der Waals surface area (Å²) < 4.78 is 5.53. The molecule has 1 aliphatic heterocycles. The lowest BCUT2D eigenvalue weighted by atomic mass is 10.4. The highest BCUT2D eigenvalue weighted by Gasteiger charge is 2.28. The predicted octanol–water partition coefficient (Wildman–Crippen LogP) is 1.80. The molecular weight excluding hydrogens is 258 g/mol. The molecule has 0 aromatic heterocycles. The van der Waals surface area contributed by atoms with E-state index in [1.165, 1.54) is 12.8 Å². The maximum atomic E-state index is 11.5. The lowest BCUT2D eigenvalue weighted by Crippen LogP contribution is -2.29. The van der Waals surface area contributed by atoms with Crippen molar-refractivity contribution in [3.63, 3.8) is 0 Å². The highest BCUT2D eigenvalue weighted by Crippen LogP contribution is 2.28. The van der Waals surface area contributed by atoms with Gasteiger partial charge in [0, 0.05) is 26.3 Å². The number of hydrogen-bond acceptors (Lipinski definition) is 2. The predicted molar refractivity (Wildman–Crippen MR) is 62.1 cm³/mol. The standard InChI is InChI=1S/C11H18BrNO2/c12-10-4-6-13(11(10)14)5-1-7-15-8-9-2-3-9/h9-10H,1-8H2. The van der Waals surface area contributed by atoms with Gasteiger partial charge in [0.2, 0.25) is 5.91 Å². The summed E-state index contributed by atoms with van der Waals surface area (Å²) >= 11 is 3.37. The second-order valence-electron chi connectivity index (χ2n) is 4.45. The molecule has 1 heterocycles. The second-order valence-corrected chi connectivity index (χ2v) is 5.56. The van der Waals surface area contributed by atoms with Crippen molar-refractivity contribution in [3.8, 4) is 0 Å². The fourth-order valence-electron chi connectivity index (χ4n) is 1.81. The van der Waals surface area contributed by atoms with Crippen LogP contribution in [0.25, 0.3) is 0 Å². The molecule has 1 saturated carbocycles. The lowest BCUT2D eigenvalue weighted by molar-refractivity contribution is -0.127. The van der Waals surface area contributed by atoms with Gasteiger partial charge in [0.25, 0.3) is 0 Å². The number of alkyl halides is 1. The van der Waals surface area contributed by atoms with E-state index in [4.69, 9.17) is 4.74 Å². The molecule has 0 N–H and O–H groups in total. The number of hydrogen-bond donors (Lipinski definition) is 0. The van der Waals surface area contributed by atoms with E-state index in [9.17, 15) is 4.79 Å². The van der Waals surface area contributed by atoms with E-state index >= 15 is 0 Å². The number of carbonyl (C=O) groups is 1. The normalized spacial score (nSPS) is 26.3. The molecule has 0 bridgehead atoms. The van der Waals surface area contributed by atoms with E-state index in [0.29, 0.717) is 0 Å². The van der Waals surface area contributed by atoms with Crippen molar-refractivity contribution in [2.24, 2.45) is 5.92 Å². The van der Waals surface area contributed by atoms with Crippen LogP contribution in [0.3, 0.4) is 0 Å². The molecule has 2 fully saturated rings. The molecule has 0 aromatic carbocycles. The van der Waals surface area contributed by atoms with E-state index in [1.807, 2.05) is 4.90 Å². The Bertz CT molecular complexity index is 231. The van der Waals surface area contributed by atoms with E-state index < -0.39 is 0 Å². The monoisotopic (exact) mass is 275 g/mol. The average molecular weight is 276 g/mol. The molecule has 1 amide bonds. The Labute approximate surface area is 99.3 Å². The van der Waals surface area contributed by atoms with Gasteiger partial charge in [-0.25, -0.2) is 0 Å². The molecule has 2 aliphatic rings. The fraction of sp³-hybridized carbons (Fsp3) is 0.909. The van der Waals surface area contributed by atoms with E-state index in [1.54, 1.807) is 0 Å². The quantitative estimate of drug-likeness (QED) is 0.547. The van der Waals surface area contributed by atoms with Crippen molar-refractivity contribution >= 4 is 21.8 Å². The van der Waals surface area contributed by atoms with Crippen LogP contribution in [0.1, 0.15) is 25.7 Å². The summed E-state index contributed by atoms with van der Waals surface area (Å²) in [7, 11) is 0. The maximum Gasteiger partial charge on any atom is 0.236 e. The molecule has 1 saturated heterocycles. The molecule has 1 aliphatic carbocycles. The summed E-state index contributed by atoms with van der Waals surface area (Å²) in [6.45, 7) is 3.48. The molecule has 86 valence electrons. The molecular formula is C11H18BrNO2. The molecule has 0 spiro atoms. The molecule has 0 aromatic rings. The summed E-state index contributed by atoms with van der Waals surface area (Å²) in [5, 5.41) is 0. The first-order chi connectivity index (χ1) is 7.27. The van der Waals surface area contributed by atoms with Crippen LogP contribution in [-0.2, 0) is 9.53 Å². The van der Waals surface area contributed by atoms with E-state index in [0.717, 1.165) is 45.1 Å². The zero-order chi connectivity index (χ0) is 10.7. The van der Waals surface area contributed by atoms with Crippen LogP contribution in [0.5, 0.6) is 0 Å².